The van der Waals surface area contributed by atoms with E-state index < -0.39 is 0 Å². The first-order chi connectivity index (χ1) is 10.8. The van der Waals surface area contributed by atoms with Crippen LogP contribution in [0.25, 0.3) is 11.4 Å². The largest absolute Gasteiger partial charge is 0.478 e. The predicted molar refractivity (Wildman–Crippen MR) is 86.9 cm³/mol. The van der Waals surface area contributed by atoms with Crippen molar-refractivity contribution in [2.45, 2.75) is 38.8 Å². The summed E-state index contributed by atoms with van der Waals surface area (Å²) in [5.41, 5.74) is 1.03. The minimum atomic E-state index is 0.595. The number of likely N-dealkylation sites (N-methyl/N-ethyl adjacent to an activating group) is 1. The monoisotopic (exact) mass is 300 g/mol. The molecule has 0 N–H and O–H groups in total. The number of imidazole rings is 1. The van der Waals surface area contributed by atoms with Gasteiger partial charge in [-0.25, -0.2) is 9.97 Å². The molecule has 0 amide bonds. The molecule has 2 aromatic heterocycles. The van der Waals surface area contributed by atoms with Crippen LogP contribution in [0.15, 0.2) is 30.7 Å². The summed E-state index contributed by atoms with van der Waals surface area (Å²) in [5.74, 6) is 1.64. The highest BCUT2D eigenvalue weighted by molar-refractivity contribution is 5.54. The molecule has 1 aliphatic heterocycles. The van der Waals surface area contributed by atoms with Gasteiger partial charge in [0.15, 0.2) is 0 Å². The van der Waals surface area contributed by atoms with E-state index >= 15 is 0 Å². The summed E-state index contributed by atoms with van der Waals surface area (Å²) in [5, 5.41) is 0. The minimum Gasteiger partial charge on any atom is -0.478 e. The van der Waals surface area contributed by atoms with Crippen LogP contribution >= 0.6 is 0 Å². The predicted octanol–water partition coefficient (Wildman–Crippen LogP) is 2.83. The maximum Gasteiger partial charge on any atom is 0.213 e. The van der Waals surface area contributed by atoms with Gasteiger partial charge < -0.3 is 14.2 Å². The number of hydrogen-bond donors (Lipinski definition) is 0. The van der Waals surface area contributed by atoms with Crippen LogP contribution in [0.3, 0.4) is 0 Å². The third-order valence-corrected chi connectivity index (χ3v) is 4.33. The molecule has 1 saturated heterocycles. The van der Waals surface area contributed by atoms with E-state index in [0.29, 0.717) is 18.5 Å². The first kappa shape index (κ1) is 15.0. The van der Waals surface area contributed by atoms with Crippen molar-refractivity contribution in [3.05, 3.63) is 30.7 Å². The molecule has 22 heavy (non-hydrogen) atoms. The van der Waals surface area contributed by atoms with Crippen LogP contribution < -0.4 is 4.74 Å². The van der Waals surface area contributed by atoms with Gasteiger partial charge in [-0.3, -0.25) is 0 Å². The van der Waals surface area contributed by atoms with Crippen LogP contribution in [0.4, 0.5) is 0 Å². The number of ether oxygens (including phenoxy) is 1. The van der Waals surface area contributed by atoms with Gasteiger partial charge in [-0.1, -0.05) is 6.42 Å². The van der Waals surface area contributed by atoms with Gasteiger partial charge in [0.1, 0.15) is 5.82 Å². The van der Waals surface area contributed by atoms with Crippen molar-refractivity contribution in [2.75, 3.05) is 20.2 Å². The van der Waals surface area contributed by atoms with Gasteiger partial charge in [-0.05, 0) is 39.4 Å². The molecule has 0 unspecified atom stereocenters. The third kappa shape index (κ3) is 3.30. The number of aromatic nitrogens is 3. The summed E-state index contributed by atoms with van der Waals surface area (Å²) in [4.78, 5) is 11.3. The van der Waals surface area contributed by atoms with Crippen LogP contribution in [0.2, 0.25) is 0 Å². The molecule has 118 valence electrons. The molecule has 0 radical (unpaired) electrons. The zero-order valence-corrected chi connectivity index (χ0v) is 13.4. The highest BCUT2D eigenvalue weighted by Crippen LogP contribution is 2.22. The number of piperidine rings is 1. The van der Waals surface area contributed by atoms with Crippen molar-refractivity contribution in [1.82, 2.24) is 19.4 Å². The van der Waals surface area contributed by atoms with E-state index in [4.69, 9.17) is 4.74 Å². The molecule has 0 spiro atoms. The van der Waals surface area contributed by atoms with Crippen LogP contribution in [-0.2, 0) is 6.54 Å². The van der Waals surface area contributed by atoms with E-state index in [2.05, 4.69) is 32.7 Å². The van der Waals surface area contributed by atoms with Gasteiger partial charge in [0, 0.05) is 42.8 Å². The number of nitrogens with zero attached hydrogens (tertiary/aromatic N) is 4. The van der Waals surface area contributed by atoms with Gasteiger partial charge in [0.25, 0.3) is 0 Å². The summed E-state index contributed by atoms with van der Waals surface area (Å²) in [6.07, 6.45) is 9.67. The van der Waals surface area contributed by atoms with E-state index in [1.165, 1.54) is 25.8 Å². The van der Waals surface area contributed by atoms with E-state index in [0.717, 1.165) is 17.9 Å². The Balaban J connectivity index is 1.76. The Morgan fingerprint density at radius 3 is 2.91 bits per heavy atom. The number of hydrogen-bond acceptors (Lipinski definition) is 4. The fourth-order valence-electron chi connectivity index (χ4n) is 3.06. The van der Waals surface area contributed by atoms with Gasteiger partial charge in [0.2, 0.25) is 5.88 Å². The van der Waals surface area contributed by atoms with Crippen molar-refractivity contribution in [3.63, 3.8) is 0 Å². The highest BCUT2D eigenvalue weighted by Gasteiger charge is 2.20. The normalized spacial score (nSPS) is 19.3. The number of rotatable bonds is 5. The summed E-state index contributed by atoms with van der Waals surface area (Å²) >= 11 is 0. The van der Waals surface area contributed by atoms with Gasteiger partial charge in [-0.2, -0.15) is 0 Å². The molecular weight excluding hydrogens is 276 g/mol. The van der Waals surface area contributed by atoms with Crippen LogP contribution in [0.5, 0.6) is 5.88 Å². The Bertz CT molecular complexity index is 593. The second-order valence-electron chi connectivity index (χ2n) is 5.85. The molecule has 1 fully saturated rings. The molecule has 3 rings (SSSR count). The Morgan fingerprint density at radius 1 is 1.27 bits per heavy atom. The highest BCUT2D eigenvalue weighted by atomic mass is 16.5. The standard InChI is InChI=1S/C17H24N4O/c1-3-22-16-8-7-14(12-19-16)17-18-9-11-21(17)13-15-6-4-5-10-20(15)2/h7-9,11-12,15H,3-6,10,13H2,1-2H3/t15-/m1/s1. The fourth-order valence-corrected chi connectivity index (χ4v) is 3.06. The van der Waals surface area contributed by atoms with Crippen LogP contribution in [-0.4, -0.2) is 45.7 Å². The molecule has 5 heteroatoms. The average Bonchev–Trinajstić information content (AvgIpc) is 2.99. The lowest BCUT2D eigenvalue weighted by atomic mass is 10.0. The van der Waals surface area contributed by atoms with E-state index in [-0.39, 0.29) is 0 Å². The Hall–Kier alpha value is -1.88. The first-order valence-electron chi connectivity index (χ1n) is 8.08. The topological polar surface area (TPSA) is 43.2 Å². The molecule has 2 aromatic rings. The fraction of sp³-hybridized carbons (Fsp3) is 0.529. The van der Waals surface area contributed by atoms with Crippen molar-refractivity contribution >= 4 is 0 Å². The molecule has 1 atom stereocenters. The third-order valence-electron chi connectivity index (χ3n) is 4.33. The zero-order chi connectivity index (χ0) is 15.4. The summed E-state index contributed by atoms with van der Waals surface area (Å²) < 4.78 is 7.64. The van der Waals surface area contributed by atoms with Crippen LogP contribution in [0, 0.1) is 0 Å². The van der Waals surface area contributed by atoms with Crippen molar-refractivity contribution in [2.24, 2.45) is 0 Å². The van der Waals surface area contributed by atoms with Gasteiger partial charge >= 0.3 is 0 Å². The van der Waals surface area contributed by atoms with E-state index in [1.807, 2.05) is 31.5 Å². The lowest BCUT2D eigenvalue weighted by molar-refractivity contribution is 0.168. The maximum absolute atomic E-state index is 5.40. The Kier molecular flexibility index (Phi) is 4.73. The second-order valence-corrected chi connectivity index (χ2v) is 5.85. The lowest BCUT2D eigenvalue weighted by Crippen LogP contribution is -2.39. The maximum atomic E-state index is 5.40. The molecule has 0 bridgehead atoms. The van der Waals surface area contributed by atoms with Gasteiger partial charge in [0.05, 0.1) is 6.61 Å². The molecular formula is C17H24N4O. The summed E-state index contributed by atoms with van der Waals surface area (Å²) in [7, 11) is 2.22. The molecule has 0 aromatic carbocycles. The van der Waals surface area contributed by atoms with Gasteiger partial charge in [-0.15, -0.1) is 0 Å². The van der Waals surface area contributed by atoms with E-state index in [9.17, 15) is 0 Å². The molecule has 1 aliphatic rings. The molecule has 5 nitrogen and oxygen atoms in total. The minimum absolute atomic E-state index is 0.595. The lowest BCUT2D eigenvalue weighted by Gasteiger charge is -2.33. The number of pyridine rings is 1. The van der Waals surface area contributed by atoms with Crippen molar-refractivity contribution in [3.8, 4) is 17.3 Å². The zero-order valence-electron chi connectivity index (χ0n) is 13.4. The van der Waals surface area contributed by atoms with Crippen LogP contribution in [0.1, 0.15) is 26.2 Å². The molecule has 3 heterocycles. The van der Waals surface area contributed by atoms with E-state index in [1.54, 1.807) is 0 Å². The number of likely N-dealkylation sites (tertiary alicyclic amines) is 1. The Morgan fingerprint density at radius 2 is 2.18 bits per heavy atom. The smallest absolute Gasteiger partial charge is 0.213 e. The molecule has 0 aliphatic carbocycles. The SMILES string of the molecule is CCOc1ccc(-c2nccn2C[C@H]2CCCCN2C)cn1. The summed E-state index contributed by atoms with van der Waals surface area (Å²) in [6, 6.07) is 4.53. The molecule has 0 saturated carbocycles. The second kappa shape index (κ2) is 6.92. The first-order valence-corrected chi connectivity index (χ1v) is 8.08. The Labute approximate surface area is 131 Å². The average molecular weight is 300 g/mol. The van der Waals surface area contributed by atoms with Crippen molar-refractivity contribution < 1.29 is 4.74 Å². The quantitative estimate of drug-likeness (QED) is 0.851. The summed E-state index contributed by atoms with van der Waals surface area (Å²) in [6.45, 7) is 4.77. The van der Waals surface area contributed by atoms with Crippen molar-refractivity contribution in [1.29, 1.82) is 0 Å².